The van der Waals surface area contributed by atoms with Crippen LogP contribution in [0.4, 0.5) is 0 Å². The minimum Gasteiger partial charge on any atom is -0.383 e. The summed E-state index contributed by atoms with van der Waals surface area (Å²) in [7, 11) is 0. The topological polar surface area (TPSA) is 49.1 Å². The Morgan fingerprint density at radius 3 is 2.50 bits per heavy atom. The summed E-state index contributed by atoms with van der Waals surface area (Å²) in [6.07, 6.45) is 4.97. The highest BCUT2D eigenvalue weighted by atomic mass is 14.9. The molecule has 0 fully saturated rings. The molecule has 0 amide bonds. The molecule has 1 aliphatic rings. The van der Waals surface area contributed by atoms with E-state index >= 15 is 0 Å². The van der Waals surface area contributed by atoms with Crippen molar-refractivity contribution in [1.29, 1.82) is 0 Å². The molecule has 1 atom stereocenters. The van der Waals surface area contributed by atoms with E-state index in [4.69, 9.17) is 0 Å². The van der Waals surface area contributed by atoms with E-state index in [0.717, 1.165) is 36.6 Å². The molecule has 1 aliphatic heterocycles. The predicted octanol–water partition coefficient (Wildman–Crippen LogP) is 2.26. The van der Waals surface area contributed by atoms with E-state index < -0.39 is 0 Å². The maximum absolute atomic E-state index is 4.56. The Hall–Kier alpha value is -1.45. The zero-order valence-electron chi connectivity index (χ0n) is 11.9. The molecule has 0 aromatic rings. The molecule has 0 spiro atoms. The summed E-state index contributed by atoms with van der Waals surface area (Å²) in [5.41, 5.74) is 3.18. The lowest BCUT2D eigenvalue weighted by molar-refractivity contribution is 0.780. The lowest BCUT2D eigenvalue weighted by Gasteiger charge is -2.11. The second-order valence-corrected chi connectivity index (χ2v) is 4.56. The fourth-order valence-corrected chi connectivity index (χ4v) is 1.51. The van der Waals surface area contributed by atoms with Crippen molar-refractivity contribution in [3.8, 4) is 0 Å². The van der Waals surface area contributed by atoms with E-state index in [1.54, 1.807) is 0 Å². The van der Waals surface area contributed by atoms with Gasteiger partial charge in [-0.05, 0) is 46.4 Å². The van der Waals surface area contributed by atoms with Gasteiger partial charge in [-0.15, -0.1) is 0 Å². The summed E-state index contributed by atoms with van der Waals surface area (Å²) in [4.78, 5) is 13.5. The van der Waals surface area contributed by atoms with Crippen LogP contribution in [-0.4, -0.2) is 42.8 Å². The van der Waals surface area contributed by atoms with E-state index in [2.05, 4.69) is 34.1 Å². The molecular weight excluding hydrogens is 224 g/mol. The maximum Gasteiger partial charge on any atom is 0.0605 e. The molecule has 4 heteroatoms. The second-order valence-electron chi connectivity index (χ2n) is 4.56. The smallest absolute Gasteiger partial charge is 0.0605 e. The van der Waals surface area contributed by atoms with Crippen molar-refractivity contribution < 1.29 is 0 Å². The van der Waals surface area contributed by atoms with Crippen molar-refractivity contribution in [2.75, 3.05) is 19.6 Å². The molecular formula is C14H24N4. The monoisotopic (exact) mass is 248 g/mol. The molecule has 1 N–H and O–H groups in total. The van der Waals surface area contributed by atoms with Gasteiger partial charge in [0.1, 0.15) is 0 Å². The SMILES string of the molecule is CC1=NC/C=C\NC(C)C(C)=NCCCN=C1C. The van der Waals surface area contributed by atoms with Gasteiger partial charge in [0.25, 0.3) is 0 Å². The zero-order valence-corrected chi connectivity index (χ0v) is 11.9. The number of aliphatic imine (C=N–C) groups is 3. The Morgan fingerprint density at radius 1 is 1.06 bits per heavy atom. The number of nitrogens with zero attached hydrogens (tertiary/aromatic N) is 3. The molecule has 0 aromatic carbocycles. The van der Waals surface area contributed by atoms with Crippen molar-refractivity contribution in [1.82, 2.24) is 5.32 Å². The average molecular weight is 248 g/mol. The van der Waals surface area contributed by atoms with Crippen LogP contribution >= 0.6 is 0 Å². The van der Waals surface area contributed by atoms with Gasteiger partial charge in [-0.2, -0.15) is 0 Å². The minimum absolute atomic E-state index is 0.277. The zero-order chi connectivity index (χ0) is 13.4. The Bertz CT molecular complexity index is 377. The van der Waals surface area contributed by atoms with Crippen LogP contribution in [0.2, 0.25) is 0 Å². The first-order valence-corrected chi connectivity index (χ1v) is 6.55. The quantitative estimate of drug-likeness (QED) is 0.702. The maximum atomic E-state index is 4.56. The molecule has 18 heavy (non-hydrogen) atoms. The molecule has 0 bridgehead atoms. The summed E-state index contributed by atoms with van der Waals surface area (Å²) in [5, 5.41) is 3.30. The molecule has 0 radical (unpaired) electrons. The third-order valence-electron chi connectivity index (χ3n) is 3.07. The molecule has 0 aromatic heterocycles. The van der Waals surface area contributed by atoms with Crippen molar-refractivity contribution in [2.24, 2.45) is 15.0 Å². The first-order valence-electron chi connectivity index (χ1n) is 6.55. The first kappa shape index (κ1) is 14.6. The lowest BCUT2D eigenvalue weighted by atomic mass is 10.2. The summed E-state index contributed by atoms with van der Waals surface area (Å²) in [6, 6.07) is 0.277. The molecule has 1 heterocycles. The van der Waals surface area contributed by atoms with Crippen LogP contribution in [0.15, 0.2) is 27.3 Å². The number of nitrogens with one attached hydrogen (secondary N) is 1. The normalized spacial score (nSPS) is 25.1. The van der Waals surface area contributed by atoms with Crippen LogP contribution in [0.3, 0.4) is 0 Å². The summed E-state index contributed by atoms with van der Waals surface area (Å²) in [5.74, 6) is 0. The van der Waals surface area contributed by atoms with Crippen molar-refractivity contribution >= 4 is 17.1 Å². The highest BCUT2D eigenvalue weighted by Crippen LogP contribution is 1.94. The van der Waals surface area contributed by atoms with Crippen LogP contribution in [0, 0.1) is 0 Å². The highest BCUT2D eigenvalue weighted by molar-refractivity contribution is 6.40. The molecule has 100 valence electrons. The van der Waals surface area contributed by atoms with Gasteiger partial charge in [-0.3, -0.25) is 15.0 Å². The van der Waals surface area contributed by atoms with E-state index in [9.17, 15) is 0 Å². The molecule has 1 unspecified atom stereocenters. The van der Waals surface area contributed by atoms with E-state index in [1.165, 1.54) is 0 Å². The number of hydrogen-bond donors (Lipinski definition) is 1. The highest BCUT2D eigenvalue weighted by Gasteiger charge is 2.02. The molecule has 0 saturated carbocycles. The van der Waals surface area contributed by atoms with Gasteiger partial charge in [0.15, 0.2) is 0 Å². The summed E-state index contributed by atoms with van der Waals surface area (Å²) >= 11 is 0. The molecule has 4 nitrogen and oxygen atoms in total. The largest absolute Gasteiger partial charge is 0.383 e. The fourth-order valence-electron chi connectivity index (χ4n) is 1.51. The Kier molecular flexibility index (Phi) is 6.33. The standard InChI is InChI=1S/C14H24N4/c1-11-12(2)16-8-6-10-18-14(4)13(3)17-9-5-7-15-11/h5,7,11,15H,6,8-10H2,1-4H3/b7-5-,16-12?,17-13?,18-14?. The van der Waals surface area contributed by atoms with E-state index in [1.807, 2.05) is 26.1 Å². The van der Waals surface area contributed by atoms with E-state index in [0.29, 0.717) is 6.54 Å². The molecule has 1 rings (SSSR count). The third-order valence-corrected chi connectivity index (χ3v) is 3.07. The van der Waals surface area contributed by atoms with Gasteiger partial charge in [0.2, 0.25) is 0 Å². The van der Waals surface area contributed by atoms with Gasteiger partial charge in [0.05, 0.1) is 24.0 Å². The van der Waals surface area contributed by atoms with Crippen molar-refractivity contribution in [3.05, 3.63) is 12.3 Å². The van der Waals surface area contributed by atoms with Gasteiger partial charge in [-0.25, -0.2) is 0 Å². The van der Waals surface area contributed by atoms with Crippen LogP contribution in [-0.2, 0) is 0 Å². The van der Waals surface area contributed by atoms with Gasteiger partial charge in [-0.1, -0.05) is 0 Å². The minimum atomic E-state index is 0.277. The molecule has 0 saturated heterocycles. The Balaban J connectivity index is 2.73. The summed E-state index contributed by atoms with van der Waals surface area (Å²) in [6.45, 7) is 10.6. The fraction of sp³-hybridized carbons (Fsp3) is 0.643. The van der Waals surface area contributed by atoms with Gasteiger partial charge in [0, 0.05) is 18.8 Å². The van der Waals surface area contributed by atoms with Crippen LogP contribution in [0.25, 0.3) is 0 Å². The van der Waals surface area contributed by atoms with Crippen LogP contribution in [0.1, 0.15) is 34.1 Å². The number of hydrogen-bond acceptors (Lipinski definition) is 4. The predicted molar refractivity (Wildman–Crippen MR) is 80.3 cm³/mol. The lowest BCUT2D eigenvalue weighted by Crippen LogP contribution is -2.28. The van der Waals surface area contributed by atoms with Gasteiger partial charge < -0.3 is 5.32 Å². The second kappa shape index (κ2) is 7.80. The summed E-state index contributed by atoms with van der Waals surface area (Å²) < 4.78 is 0. The van der Waals surface area contributed by atoms with E-state index in [-0.39, 0.29) is 6.04 Å². The Morgan fingerprint density at radius 2 is 1.72 bits per heavy atom. The third kappa shape index (κ3) is 5.25. The van der Waals surface area contributed by atoms with Crippen molar-refractivity contribution in [2.45, 2.75) is 40.2 Å². The number of rotatable bonds is 0. The molecule has 0 aliphatic carbocycles. The van der Waals surface area contributed by atoms with Crippen molar-refractivity contribution in [3.63, 3.8) is 0 Å². The Labute approximate surface area is 110 Å². The average Bonchev–Trinajstić information content (AvgIpc) is 2.35. The van der Waals surface area contributed by atoms with Crippen LogP contribution in [0.5, 0.6) is 0 Å². The first-order chi connectivity index (χ1) is 8.61. The van der Waals surface area contributed by atoms with Gasteiger partial charge >= 0.3 is 0 Å². The van der Waals surface area contributed by atoms with Crippen LogP contribution < -0.4 is 5.32 Å².